The smallest absolute Gasteiger partial charge is 0.354 e. The summed E-state index contributed by atoms with van der Waals surface area (Å²) in [4.78, 5) is 27.5. The molecule has 1 heterocycles. The molecular weight excluding hydrogens is 236 g/mol. The van der Waals surface area contributed by atoms with Gasteiger partial charge in [0.25, 0.3) is 5.56 Å². The van der Waals surface area contributed by atoms with Crippen LogP contribution in [-0.2, 0) is 9.84 Å². The third-order valence-electron chi connectivity index (χ3n) is 2.01. The molecule has 1 aromatic rings. The molecule has 0 bridgehead atoms. The zero-order valence-corrected chi connectivity index (χ0v) is 9.41. The van der Waals surface area contributed by atoms with E-state index in [1.807, 2.05) is 0 Å². The monoisotopic (exact) mass is 246 g/mol. The van der Waals surface area contributed by atoms with Gasteiger partial charge < -0.3 is 10.1 Å². The van der Waals surface area contributed by atoms with Crippen LogP contribution in [0.4, 0.5) is 0 Å². The highest BCUT2D eigenvalue weighted by atomic mass is 32.2. The quantitative estimate of drug-likeness (QED) is 0.747. The van der Waals surface area contributed by atoms with E-state index in [1.165, 1.54) is 6.92 Å². The summed E-state index contributed by atoms with van der Waals surface area (Å²) in [5.74, 6) is -1.56. The Morgan fingerprint density at radius 3 is 2.56 bits per heavy atom. The van der Waals surface area contributed by atoms with E-state index in [2.05, 4.69) is 9.97 Å². The minimum atomic E-state index is -3.44. The minimum absolute atomic E-state index is 0.174. The first-order valence-electron chi connectivity index (χ1n) is 4.25. The first-order valence-corrected chi connectivity index (χ1v) is 6.20. The first-order chi connectivity index (χ1) is 7.21. The summed E-state index contributed by atoms with van der Waals surface area (Å²) < 4.78 is 22.4. The minimum Gasteiger partial charge on any atom is -0.477 e. The van der Waals surface area contributed by atoms with Gasteiger partial charge in [-0.2, -0.15) is 0 Å². The highest BCUT2D eigenvalue weighted by molar-refractivity contribution is 7.90. The van der Waals surface area contributed by atoms with Gasteiger partial charge in [-0.3, -0.25) is 4.79 Å². The zero-order valence-electron chi connectivity index (χ0n) is 8.59. The lowest BCUT2D eigenvalue weighted by atomic mass is 10.3. The van der Waals surface area contributed by atoms with E-state index in [9.17, 15) is 18.0 Å². The SMILES string of the molecule is CC(c1nc(C(=O)O)cc(=O)[nH]1)S(C)(=O)=O. The van der Waals surface area contributed by atoms with Crippen LogP contribution in [0.25, 0.3) is 0 Å². The Labute approximate surface area is 91.1 Å². The van der Waals surface area contributed by atoms with Crippen molar-refractivity contribution in [1.29, 1.82) is 0 Å². The molecule has 88 valence electrons. The molecular formula is C8H10N2O5S. The second kappa shape index (κ2) is 4.05. The Morgan fingerprint density at radius 1 is 1.56 bits per heavy atom. The van der Waals surface area contributed by atoms with Gasteiger partial charge in [0.15, 0.2) is 15.5 Å². The summed E-state index contributed by atoms with van der Waals surface area (Å²) in [7, 11) is -3.44. The van der Waals surface area contributed by atoms with Gasteiger partial charge in [-0.15, -0.1) is 0 Å². The van der Waals surface area contributed by atoms with E-state index < -0.39 is 32.3 Å². The lowest BCUT2D eigenvalue weighted by Gasteiger charge is -2.08. The number of aromatic nitrogens is 2. The number of nitrogens with zero attached hydrogens (tertiary/aromatic N) is 1. The summed E-state index contributed by atoms with van der Waals surface area (Å²) in [6.45, 7) is 1.32. The predicted molar refractivity (Wildman–Crippen MR) is 55.1 cm³/mol. The van der Waals surface area contributed by atoms with Crippen LogP contribution in [-0.4, -0.2) is 35.7 Å². The lowest BCUT2D eigenvalue weighted by molar-refractivity contribution is 0.0689. The Hall–Kier alpha value is -1.70. The summed E-state index contributed by atoms with van der Waals surface area (Å²) in [6, 6.07) is 0.792. The number of carbonyl (C=O) groups is 1. The second-order valence-corrected chi connectivity index (χ2v) is 5.66. The van der Waals surface area contributed by atoms with Crippen LogP contribution in [0.2, 0.25) is 0 Å². The normalized spacial score (nSPS) is 13.4. The van der Waals surface area contributed by atoms with Crippen LogP contribution in [0.15, 0.2) is 10.9 Å². The molecule has 0 fully saturated rings. The van der Waals surface area contributed by atoms with Gasteiger partial charge in [0.2, 0.25) is 0 Å². The number of sulfone groups is 1. The molecule has 0 aliphatic carbocycles. The van der Waals surface area contributed by atoms with Gasteiger partial charge in [0.05, 0.1) is 0 Å². The maximum atomic E-state index is 11.2. The number of rotatable bonds is 3. The number of aromatic amines is 1. The van der Waals surface area contributed by atoms with Crippen LogP contribution in [0.3, 0.4) is 0 Å². The number of H-pyrrole nitrogens is 1. The Morgan fingerprint density at radius 2 is 2.12 bits per heavy atom. The lowest BCUT2D eigenvalue weighted by Crippen LogP contribution is -2.20. The van der Waals surface area contributed by atoms with Gasteiger partial charge in [-0.1, -0.05) is 0 Å². The zero-order chi connectivity index (χ0) is 12.5. The fraction of sp³-hybridized carbons (Fsp3) is 0.375. The fourth-order valence-electron chi connectivity index (χ4n) is 0.981. The van der Waals surface area contributed by atoms with Crippen molar-refractivity contribution in [3.8, 4) is 0 Å². The number of carboxylic acids is 1. The second-order valence-electron chi connectivity index (χ2n) is 3.29. The first kappa shape index (κ1) is 12.4. The van der Waals surface area contributed by atoms with E-state index in [-0.39, 0.29) is 5.82 Å². The average Bonchev–Trinajstić information content (AvgIpc) is 2.14. The van der Waals surface area contributed by atoms with Gasteiger partial charge >= 0.3 is 5.97 Å². The summed E-state index contributed by atoms with van der Waals surface area (Å²) in [5.41, 5.74) is -1.17. The molecule has 1 atom stereocenters. The Kier molecular flexibility index (Phi) is 3.13. The molecule has 1 aromatic heterocycles. The largest absolute Gasteiger partial charge is 0.477 e. The molecule has 0 aliphatic heterocycles. The van der Waals surface area contributed by atoms with E-state index in [4.69, 9.17) is 5.11 Å². The molecule has 2 N–H and O–H groups in total. The van der Waals surface area contributed by atoms with Crippen LogP contribution < -0.4 is 5.56 Å². The predicted octanol–water partition coefficient (Wildman–Crippen LogP) is -0.426. The van der Waals surface area contributed by atoms with Crippen LogP contribution >= 0.6 is 0 Å². The molecule has 0 aromatic carbocycles. The van der Waals surface area contributed by atoms with Crippen molar-refractivity contribution in [1.82, 2.24) is 9.97 Å². The van der Waals surface area contributed by atoms with E-state index in [0.29, 0.717) is 0 Å². The summed E-state index contributed by atoms with van der Waals surface area (Å²) >= 11 is 0. The number of aromatic carboxylic acids is 1. The van der Waals surface area contributed by atoms with Crippen molar-refractivity contribution in [3.63, 3.8) is 0 Å². The molecule has 0 radical (unpaired) electrons. The third kappa shape index (κ3) is 2.66. The van der Waals surface area contributed by atoms with E-state index >= 15 is 0 Å². The Bertz CT molecular complexity index is 574. The number of carboxylic acid groups (broad SMARTS) is 1. The van der Waals surface area contributed by atoms with E-state index in [0.717, 1.165) is 12.3 Å². The highest BCUT2D eigenvalue weighted by Crippen LogP contribution is 2.15. The average molecular weight is 246 g/mol. The van der Waals surface area contributed by atoms with Crippen molar-refractivity contribution >= 4 is 15.8 Å². The molecule has 8 heteroatoms. The number of hydrogen-bond donors (Lipinski definition) is 2. The summed E-state index contributed by atoms with van der Waals surface area (Å²) in [5, 5.41) is 7.60. The number of nitrogens with one attached hydrogen (secondary N) is 1. The van der Waals surface area contributed by atoms with Crippen LogP contribution in [0.1, 0.15) is 28.5 Å². The third-order valence-corrected chi connectivity index (χ3v) is 3.51. The molecule has 0 saturated heterocycles. The topological polar surface area (TPSA) is 117 Å². The van der Waals surface area contributed by atoms with Crippen molar-refractivity contribution in [2.45, 2.75) is 12.2 Å². The molecule has 7 nitrogen and oxygen atoms in total. The maximum Gasteiger partial charge on any atom is 0.354 e. The molecule has 0 spiro atoms. The molecule has 1 rings (SSSR count). The van der Waals surface area contributed by atoms with Crippen molar-refractivity contribution < 1.29 is 18.3 Å². The van der Waals surface area contributed by atoms with Gasteiger partial charge in [-0.05, 0) is 6.92 Å². The van der Waals surface area contributed by atoms with Gasteiger partial charge in [0.1, 0.15) is 11.1 Å². The highest BCUT2D eigenvalue weighted by Gasteiger charge is 2.21. The Balaban J connectivity index is 3.36. The molecule has 16 heavy (non-hydrogen) atoms. The van der Waals surface area contributed by atoms with Crippen LogP contribution in [0.5, 0.6) is 0 Å². The van der Waals surface area contributed by atoms with Crippen molar-refractivity contribution in [2.75, 3.05) is 6.26 Å². The molecule has 0 saturated carbocycles. The summed E-state index contributed by atoms with van der Waals surface area (Å²) in [6.07, 6.45) is 0.977. The standard InChI is InChI=1S/C8H10N2O5S/c1-4(16(2,14)15)7-9-5(8(12)13)3-6(11)10-7/h3-4H,1-2H3,(H,12,13)(H,9,10,11). The fourth-order valence-corrected chi connectivity index (χ4v) is 1.50. The van der Waals surface area contributed by atoms with E-state index in [1.54, 1.807) is 0 Å². The maximum absolute atomic E-state index is 11.2. The number of hydrogen-bond acceptors (Lipinski definition) is 5. The van der Waals surface area contributed by atoms with Crippen molar-refractivity contribution in [2.24, 2.45) is 0 Å². The molecule has 1 unspecified atom stereocenters. The van der Waals surface area contributed by atoms with Crippen LogP contribution in [0, 0.1) is 0 Å². The molecule has 0 aliphatic rings. The van der Waals surface area contributed by atoms with Gasteiger partial charge in [0, 0.05) is 12.3 Å². The molecule has 0 amide bonds. The van der Waals surface area contributed by atoms with Gasteiger partial charge in [-0.25, -0.2) is 18.2 Å². The van der Waals surface area contributed by atoms with Crippen molar-refractivity contribution in [3.05, 3.63) is 27.9 Å².